The van der Waals surface area contributed by atoms with Gasteiger partial charge in [-0.05, 0) is 35.7 Å². The summed E-state index contributed by atoms with van der Waals surface area (Å²) in [6, 6.07) is -0.603. The smallest absolute Gasteiger partial charge is 0.306 e. The zero-order valence-electron chi connectivity index (χ0n) is 19.2. The quantitative estimate of drug-likeness (QED) is 0.453. The molecule has 0 aromatic heterocycles. The van der Waals surface area contributed by atoms with E-state index in [1.807, 2.05) is 24.8 Å². The summed E-state index contributed by atoms with van der Waals surface area (Å²) in [6.45, 7) is 9.51. The monoisotopic (exact) mass is 472 g/mol. The lowest BCUT2D eigenvalue weighted by molar-refractivity contribution is -0.143. The number of carbonyl (C=O) groups excluding carboxylic acids is 3. The van der Waals surface area contributed by atoms with E-state index in [4.69, 9.17) is 11.6 Å². The van der Waals surface area contributed by atoms with Crippen molar-refractivity contribution in [2.24, 2.45) is 17.3 Å². The van der Waals surface area contributed by atoms with Gasteiger partial charge in [0.2, 0.25) is 11.8 Å². The van der Waals surface area contributed by atoms with Crippen molar-refractivity contribution in [2.75, 3.05) is 20.2 Å². The number of nitrogens with one attached hydrogen (secondary N) is 1. The molecule has 1 fully saturated rings. The first-order valence-electron chi connectivity index (χ1n) is 10.7. The fraction of sp³-hybridized carbons (Fsp3) is 0.708. The van der Waals surface area contributed by atoms with Crippen LogP contribution in [-0.2, 0) is 19.1 Å². The highest BCUT2D eigenvalue weighted by molar-refractivity contribution is 6.22. The van der Waals surface area contributed by atoms with Crippen LogP contribution < -0.4 is 5.32 Å². The molecule has 2 aliphatic rings. The Morgan fingerprint density at radius 3 is 2.44 bits per heavy atom. The average Bonchev–Trinajstić information content (AvgIpc) is 2.69. The molecular weight excluding hydrogens is 432 g/mol. The Balaban J connectivity index is 0.00000480. The van der Waals surface area contributed by atoms with Crippen molar-refractivity contribution in [1.82, 2.24) is 10.2 Å². The van der Waals surface area contributed by atoms with Gasteiger partial charge in [-0.15, -0.1) is 11.6 Å². The van der Waals surface area contributed by atoms with Crippen LogP contribution in [0.2, 0.25) is 0 Å². The highest BCUT2D eigenvalue weighted by atomic mass is 35.5. The third-order valence-electron chi connectivity index (χ3n) is 6.05. The number of allylic oxidation sites excluding steroid dienone is 4. The van der Waals surface area contributed by atoms with Gasteiger partial charge in [-0.1, -0.05) is 53.3 Å². The van der Waals surface area contributed by atoms with Crippen LogP contribution >= 0.6 is 11.6 Å². The predicted octanol–water partition coefficient (Wildman–Crippen LogP) is 3.26. The van der Waals surface area contributed by atoms with Crippen molar-refractivity contribution >= 4 is 29.4 Å². The largest absolute Gasteiger partial charge is 0.469 e. The van der Waals surface area contributed by atoms with E-state index in [1.54, 1.807) is 0 Å². The molecule has 1 aliphatic carbocycles. The molecule has 0 aromatic carbocycles. The van der Waals surface area contributed by atoms with Crippen molar-refractivity contribution in [2.45, 2.75) is 72.2 Å². The lowest BCUT2D eigenvalue weighted by Crippen LogP contribution is -2.56. The minimum absolute atomic E-state index is 0. The number of carbonyl (C=O) groups is 3. The number of likely N-dealkylation sites (tertiary alicyclic amines) is 1. The minimum Gasteiger partial charge on any atom is -0.469 e. The molecule has 3 atom stereocenters. The molecule has 0 saturated carbocycles. The molecule has 0 spiro atoms. The second-order valence-corrected chi connectivity index (χ2v) is 9.83. The number of methoxy groups -OCH3 is 1. The van der Waals surface area contributed by atoms with Gasteiger partial charge >= 0.3 is 5.97 Å². The summed E-state index contributed by atoms with van der Waals surface area (Å²) in [5.41, 5.74) is 1.22. The Hall–Kier alpha value is -1.86. The molecule has 0 bridgehead atoms. The van der Waals surface area contributed by atoms with Crippen LogP contribution in [0.1, 0.15) is 60.8 Å². The Morgan fingerprint density at radius 2 is 1.94 bits per heavy atom. The number of halogens is 1. The topological polar surface area (TPSA) is 107 Å². The van der Waals surface area contributed by atoms with Crippen molar-refractivity contribution in [3.8, 4) is 0 Å². The molecule has 0 radical (unpaired) electrons. The maximum atomic E-state index is 13.3. The maximum absolute atomic E-state index is 13.3. The lowest BCUT2D eigenvalue weighted by atomic mass is 9.69. The van der Waals surface area contributed by atoms with Crippen molar-refractivity contribution in [3.63, 3.8) is 0 Å². The van der Waals surface area contributed by atoms with Crippen LogP contribution in [0.3, 0.4) is 0 Å². The van der Waals surface area contributed by atoms with Crippen LogP contribution in [0.15, 0.2) is 23.8 Å². The van der Waals surface area contributed by atoms with Crippen LogP contribution in [0.25, 0.3) is 0 Å². The van der Waals surface area contributed by atoms with E-state index in [0.717, 1.165) is 12.8 Å². The van der Waals surface area contributed by atoms with Gasteiger partial charge in [0.05, 0.1) is 18.9 Å². The second kappa shape index (κ2) is 13.0. The van der Waals surface area contributed by atoms with Gasteiger partial charge < -0.3 is 20.4 Å². The minimum atomic E-state index is -0.603. The summed E-state index contributed by atoms with van der Waals surface area (Å²) in [5, 5.41) is 2.89. The van der Waals surface area contributed by atoms with Gasteiger partial charge in [-0.2, -0.15) is 0 Å². The zero-order chi connectivity index (χ0) is 22.5. The molecule has 32 heavy (non-hydrogen) atoms. The first-order chi connectivity index (χ1) is 14.0. The van der Waals surface area contributed by atoms with Crippen LogP contribution in [0.4, 0.5) is 0 Å². The first-order valence-corrected chi connectivity index (χ1v) is 11.2. The molecule has 1 heterocycles. The number of nitrogens with zero attached hydrogens (tertiary/aromatic N) is 1. The Labute approximate surface area is 197 Å². The third-order valence-corrected chi connectivity index (χ3v) is 6.38. The normalized spacial score (nSPS) is 22.7. The number of esters is 1. The summed E-state index contributed by atoms with van der Waals surface area (Å²) in [7, 11) is 1.29. The summed E-state index contributed by atoms with van der Waals surface area (Å²) in [5.74, 6) is -0.487. The number of hydrogen-bond donors (Lipinski definition) is 1. The van der Waals surface area contributed by atoms with Crippen molar-refractivity contribution in [3.05, 3.63) is 23.8 Å². The standard InChI is InChI=1S/C23H35ClN2O4.CH4.H2O/c1-15(2)21(25-19(27)10-11-20(28)30-5)22(29)26-13-12-18(23(3,4)14-26)16-6-8-17(24)9-7-16;;/h6-8,15,17-18,21H,9-14H2,1-5H3,(H,25,27);1H4;1H2/t17?,18-,21-;;/m1../s1. The van der Waals surface area contributed by atoms with E-state index >= 15 is 0 Å². The van der Waals surface area contributed by atoms with E-state index in [1.165, 1.54) is 12.7 Å². The molecule has 1 unspecified atom stereocenters. The van der Waals surface area contributed by atoms with Crippen LogP contribution in [-0.4, -0.2) is 59.8 Å². The van der Waals surface area contributed by atoms with Gasteiger partial charge in [-0.3, -0.25) is 14.4 Å². The molecule has 3 N–H and O–H groups in total. The second-order valence-electron chi connectivity index (χ2n) is 9.27. The van der Waals surface area contributed by atoms with E-state index in [-0.39, 0.29) is 54.3 Å². The molecule has 2 amide bonds. The van der Waals surface area contributed by atoms with E-state index in [2.05, 4.69) is 36.1 Å². The molecule has 8 heteroatoms. The zero-order valence-corrected chi connectivity index (χ0v) is 20.0. The van der Waals surface area contributed by atoms with Crippen molar-refractivity contribution < 1.29 is 24.6 Å². The van der Waals surface area contributed by atoms with Gasteiger partial charge in [0.25, 0.3) is 0 Å². The summed E-state index contributed by atoms with van der Waals surface area (Å²) >= 11 is 6.17. The number of hydrogen-bond acceptors (Lipinski definition) is 4. The SMILES string of the molecule is C.COC(=O)CCC(=O)N[C@@H](C(=O)N1CC[C@H](C2=CCC(Cl)C=C2)C(C)(C)C1)C(C)C.O. The molecule has 1 saturated heterocycles. The Bertz CT molecular complexity index is 717. The third kappa shape index (κ3) is 7.93. The van der Waals surface area contributed by atoms with E-state index < -0.39 is 12.0 Å². The van der Waals surface area contributed by atoms with Crippen molar-refractivity contribution in [1.29, 1.82) is 0 Å². The molecule has 2 rings (SSSR count). The highest BCUT2D eigenvalue weighted by Gasteiger charge is 2.41. The Kier molecular flexibility index (Phi) is 12.2. The molecular formula is C24H41ClN2O5. The summed E-state index contributed by atoms with van der Waals surface area (Å²) < 4.78 is 4.57. The fourth-order valence-corrected chi connectivity index (χ4v) is 4.47. The number of rotatable bonds is 7. The van der Waals surface area contributed by atoms with E-state index in [9.17, 15) is 14.4 Å². The number of piperidine rings is 1. The van der Waals surface area contributed by atoms with Crippen LogP contribution in [0.5, 0.6) is 0 Å². The van der Waals surface area contributed by atoms with Gasteiger partial charge in [0, 0.05) is 19.5 Å². The van der Waals surface area contributed by atoms with Gasteiger partial charge in [0.15, 0.2) is 0 Å². The number of amides is 2. The summed E-state index contributed by atoms with van der Waals surface area (Å²) in [6.07, 6.45) is 8.13. The van der Waals surface area contributed by atoms with Crippen LogP contribution in [0, 0.1) is 17.3 Å². The average molecular weight is 473 g/mol. The number of alkyl halides is 1. The predicted molar refractivity (Wildman–Crippen MR) is 128 cm³/mol. The maximum Gasteiger partial charge on any atom is 0.306 e. The molecule has 184 valence electrons. The Morgan fingerprint density at radius 1 is 1.28 bits per heavy atom. The lowest BCUT2D eigenvalue weighted by Gasteiger charge is -2.46. The first kappa shape index (κ1) is 30.1. The summed E-state index contributed by atoms with van der Waals surface area (Å²) in [4.78, 5) is 38.7. The highest BCUT2D eigenvalue weighted by Crippen LogP contribution is 2.41. The molecule has 7 nitrogen and oxygen atoms in total. The number of ether oxygens (including phenoxy) is 1. The molecule has 1 aliphatic heterocycles. The van der Waals surface area contributed by atoms with Gasteiger partial charge in [-0.25, -0.2) is 0 Å². The van der Waals surface area contributed by atoms with E-state index in [0.29, 0.717) is 19.0 Å². The van der Waals surface area contributed by atoms with Gasteiger partial charge in [0.1, 0.15) is 6.04 Å². The fourth-order valence-electron chi connectivity index (χ4n) is 4.31. The molecule has 0 aromatic rings.